The summed E-state index contributed by atoms with van der Waals surface area (Å²) in [4.78, 5) is 12.9. The molecular weight excluding hydrogens is 316 g/mol. The van der Waals surface area contributed by atoms with E-state index in [1.807, 2.05) is 26.1 Å². The molecule has 0 saturated heterocycles. The molecule has 1 aromatic heterocycles. The SMILES string of the molecule is C[C@@H](c1nnc(-c2cccc(Cl)c2)o1)[NH+](C)CC(=O)NC1CC1. The molecule has 0 spiro atoms. The predicted molar refractivity (Wildman–Crippen MR) is 86.1 cm³/mol. The van der Waals surface area contributed by atoms with Gasteiger partial charge in [-0.2, -0.15) is 0 Å². The van der Waals surface area contributed by atoms with Crippen molar-refractivity contribution in [3.05, 3.63) is 35.2 Å². The quantitative estimate of drug-likeness (QED) is 0.833. The van der Waals surface area contributed by atoms with Crippen molar-refractivity contribution in [3.63, 3.8) is 0 Å². The molecule has 2 N–H and O–H groups in total. The Morgan fingerprint density at radius 1 is 1.48 bits per heavy atom. The van der Waals surface area contributed by atoms with Gasteiger partial charge in [-0.25, -0.2) is 0 Å². The largest absolute Gasteiger partial charge is 0.415 e. The summed E-state index contributed by atoms with van der Waals surface area (Å²) in [5, 5.41) is 11.8. The molecule has 0 radical (unpaired) electrons. The first-order valence-electron chi connectivity index (χ1n) is 7.74. The Morgan fingerprint density at radius 3 is 2.96 bits per heavy atom. The fourth-order valence-electron chi connectivity index (χ4n) is 2.27. The van der Waals surface area contributed by atoms with E-state index < -0.39 is 0 Å². The monoisotopic (exact) mass is 335 g/mol. The third-order valence-electron chi connectivity index (χ3n) is 4.00. The molecule has 1 heterocycles. The molecule has 1 amide bonds. The van der Waals surface area contributed by atoms with E-state index in [1.165, 1.54) is 0 Å². The second kappa shape index (κ2) is 6.68. The number of amides is 1. The van der Waals surface area contributed by atoms with Crippen LogP contribution in [0.3, 0.4) is 0 Å². The molecule has 6 nitrogen and oxygen atoms in total. The van der Waals surface area contributed by atoms with E-state index in [9.17, 15) is 4.79 Å². The average molecular weight is 336 g/mol. The van der Waals surface area contributed by atoms with Gasteiger partial charge in [0.15, 0.2) is 12.6 Å². The number of hydrogen-bond acceptors (Lipinski definition) is 4. The number of halogens is 1. The van der Waals surface area contributed by atoms with Crippen LogP contribution in [0.4, 0.5) is 0 Å². The van der Waals surface area contributed by atoms with Gasteiger partial charge in [0.25, 0.3) is 11.8 Å². The first-order valence-corrected chi connectivity index (χ1v) is 8.11. The van der Waals surface area contributed by atoms with Crippen molar-refractivity contribution in [1.29, 1.82) is 0 Å². The van der Waals surface area contributed by atoms with Crippen LogP contribution in [-0.2, 0) is 4.79 Å². The zero-order valence-electron chi connectivity index (χ0n) is 13.2. The predicted octanol–water partition coefficient (Wildman–Crippen LogP) is 1.24. The minimum Gasteiger partial charge on any atom is -0.415 e. The Labute approximate surface area is 139 Å². The summed E-state index contributed by atoms with van der Waals surface area (Å²) in [7, 11) is 1.94. The van der Waals surface area contributed by atoms with Gasteiger partial charge < -0.3 is 14.6 Å². The fraction of sp³-hybridized carbons (Fsp3) is 0.438. The van der Waals surface area contributed by atoms with Crippen molar-refractivity contribution in [2.75, 3.05) is 13.6 Å². The highest BCUT2D eigenvalue weighted by atomic mass is 35.5. The van der Waals surface area contributed by atoms with E-state index in [1.54, 1.807) is 12.1 Å². The molecule has 1 unspecified atom stereocenters. The lowest BCUT2D eigenvalue weighted by atomic mass is 10.2. The zero-order valence-corrected chi connectivity index (χ0v) is 13.9. The number of likely N-dealkylation sites (N-methyl/N-ethyl adjacent to an activating group) is 1. The van der Waals surface area contributed by atoms with Crippen LogP contribution in [0.5, 0.6) is 0 Å². The van der Waals surface area contributed by atoms with Gasteiger partial charge in [-0.05, 0) is 38.0 Å². The molecule has 122 valence electrons. The summed E-state index contributed by atoms with van der Waals surface area (Å²) < 4.78 is 5.75. The number of aromatic nitrogens is 2. The van der Waals surface area contributed by atoms with Gasteiger partial charge in [0.05, 0.1) is 7.05 Å². The second-order valence-corrected chi connectivity index (χ2v) is 6.48. The number of hydrogen-bond donors (Lipinski definition) is 2. The number of carbonyl (C=O) groups excluding carboxylic acids is 1. The van der Waals surface area contributed by atoms with Gasteiger partial charge in [0.2, 0.25) is 5.89 Å². The van der Waals surface area contributed by atoms with Crippen molar-refractivity contribution in [1.82, 2.24) is 15.5 Å². The summed E-state index contributed by atoms with van der Waals surface area (Å²) in [6.07, 6.45) is 2.18. The van der Waals surface area contributed by atoms with Gasteiger partial charge in [-0.1, -0.05) is 17.7 Å². The lowest BCUT2D eigenvalue weighted by molar-refractivity contribution is -0.903. The highest BCUT2D eigenvalue weighted by molar-refractivity contribution is 6.30. The summed E-state index contributed by atoms with van der Waals surface area (Å²) in [5.74, 6) is 1.01. The van der Waals surface area contributed by atoms with Gasteiger partial charge in [-0.3, -0.25) is 4.79 Å². The third kappa shape index (κ3) is 4.09. The molecule has 1 aliphatic carbocycles. The molecule has 2 aromatic rings. The highest BCUT2D eigenvalue weighted by Gasteiger charge is 2.28. The van der Waals surface area contributed by atoms with Crippen LogP contribution in [0.2, 0.25) is 5.02 Å². The normalized spacial score (nSPS) is 16.8. The number of rotatable bonds is 6. The van der Waals surface area contributed by atoms with Crippen molar-refractivity contribution >= 4 is 17.5 Å². The molecule has 0 aliphatic heterocycles. The Bertz CT molecular complexity index is 699. The highest BCUT2D eigenvalue weighted by Crippen LogP contribution is 2.22. The van der Waals surface area contributed by atoms with E-state index in [4.69, 9.17) is 16.0 Å². The Kier molecular flexibility index (Phi) is 4.63. The first kappa shape index (κ1) is 16.0. The van der Waals surface area contributed by atoms with Crippen molar-refractivity contribution in [3.8, 4) is 11.5 Å². The van der Waals surface area contributed by atoms with Crippen LogP contribution in [0.25, 0.3) is 11.5 Å². The molecule has 2 atom stereocenters. The molecule has 0 bridgehead atoms. The third-order valence-corrected chi connectivity index (χ3v) is 4.24. The molecule has 1 saturated carbocycles. The van der Waals surface area contributed by atoms with Crippen molar-refractivity contribution < 1.29 is 14.1 Å². The van der Waals surface area contributed by atoms with E-state index in [2.05, 4.69) is 15.5 Å². The number of carbonyl (C=O) groups is 1. The standard InChI is InChI=1S/C16H19ClN4O2/c1-10(21(2)9-14(22)18-13-6-7-13)15-19-20-16(23-15)11-4-3-5-12(17)8-11/h3-5,8,10,13H,6-7,9H2,1-2H3,(H,18,22)/p+1/t10-/m0/s1. The minimum absolute atomic E-state index is 0.0615. The van der Waals surface area contributed by atoms with Crippen LogP contribution in [0, 0.1) is 0 Å². The maximum Gasteiger partial charge on any atom is 0.275 e. The van der Waals surface area contributed by atoms with Crippen LogP contribution >= 0.6 is 11.6 Å². The topological polar surface area (TPSA) is 72.5 Å². The molecule has 1 aliphatic rings. The van der Waals surface area contributed by atoms with Gasteiger partial charge in [0.1, 0.15) is 0 Å². The Hall–Kier alpha value is -1.92. The fourth-order valence-corrected chi connectivity index (χ4v) is 2.46. The first-order chi connectivity index (χ1) is 11.0. The molecule has 7 heteroatoms. The zero-order chi connectivity index (χ0) is 16.4. The molecule has 23 heavy (non-hydrogen) atoms. The molecule has 1 fully saturated rings. The van der Waals surface area contributed by atoms with Crippen molar-refractivity contribution in [2.24, 2.45) is 0 Å². The Morgan fingerprint density at radius 2 is 2.26 bits per heavy atom. The summed E-state index contributed by atoms with van der Waals surface area (Å²) in [6, 6.07) is 7.59. The number of nitrogens with zero attached hydrogens (tertiary/aromatic N) is 2. The number of quaternary nitrogens is 1. The van der Waals surface area contributed by atoms with Gasteiger partial charge in [0, 0.05) is 16.6 Å². The number of nitrogens with one attached hydrogen (secondary N) is 2. The summed E-state index contributed by atoms with van der Waals surface area (Å²) in [5.41, 5.74) is 0.785. The van der Waals surface area contributed by atoms with E-state index >= 15 is 0 Å². The van der Waals surface area contributed by atoms with Crippen LogP contribution in [0.15, 0.2) is 28.7 Å². The number of benzene rings is 1. The van der Waals surface area contributed by atoms with Crippen LogP contribution < -0.4 is 10.2 Å². The maximum atomic E-state index is 11.9. The van der Waals surface area contributed by atoms with Crippen LogP contribution in [-0.4, -0.2) is 35.7 Å². The van der Waals surface area contributed by atoms with Crippen LogP contribution in [0.1, 0.15) is 31.7 Å². The van der Waals surface area contributed by atoms with E-state index in [-0.39, 0.29) is 11.9 Å². The molecule has 1 aromatic carbocycles. The average Bonchev–Trinajstić information content (AvgIpc) is 3.18. The van der Waals surface area contributed by atoms with Crippen molar-refractivity contribution in [2.45, 2.75) is 31.8 Å². The van der Waals surface area contributed by atoms with E-state index in [0.717, 1.165) is 23.3 Å². The lowest BCUT2D eigenvalue weighted by Gasteiger charge is -2.18. The smallest absolute Gasteiger partial charge is 0.275 e. The van der Waals surface area contributed by atoms with Gasteiger partial charge >= 0.3 is 0 Å². The Balaban J connectivity index is 1.65. The molecular formula is C16H20ClN4O2+. The summed E-state index contributed by atoms with van der Waals surface area (Å²) in [6.45, 7) is 2.35. The summed E-state index contributed by atoms with van der Waals surface area (Å²) >= 11 is 5.98. The lowest BCUT2D eigenvalue weighted by Crippen LogP contribution is -3.10. The van der Waals surface area contributed by atoms with E-state index in [0.29, 0.717) is 29.4 Å². The van der Waals surface area contributed by atoms with Gasteiger partial charge in [-0.15, -0.1) is 10.2 Å². The maximum absolute atomic E-state index is 11.9. The minimum atomic E-state index is -0.0691. The second-order valence-electron chi connectivity index (χ2n) is 6.04. The molecule has 3 rings (SSSR count).